The molecule has 0 saturated heterocycles. The normalized spacial score (nSPS) is 12.4. The summed E-state index contributed by atoms with van der Waals surface area (Å²) in [5.41, 5.74) is 2.07. The van der Waals surface area contributed by atoms with Gasteiger partial charge in [0.15, 0.2) is 0 Å². The Morgan fingerprint density at radius 2 is 1.70 bits per heavy atom. The van der Waals surface area contributed by atoms with Crippen LogP contribution < -0.4 is 0 Å². The highest BCUT2D eigenvalue weighted by Crippen LogP contribution is 2.25. The second-order valence-corrected chi connectivity index (χ2v) is 6.23. The van der Waals surface area contributed by atoms with Crippen LogP contribution in [-0.2, 0) is 12.8 Å². The van der Waals surface area contributed by atoms with E-state index >= 15 is 0 Å². The maximum absolute atomic E-state index is 13.4. The molecule has 0 saturated carbocycles. The Bertz CT molecular complexity index is 569. The van der Waals surface area contributed by atoms with Crippen LogP contribution in [-0.4, -0.2) is 5.33 Å². The van der Waals surface area contributed by atoms with Crippen LogP contribution in [0.5, 0.6) is 0 Å². The van der Waals surface area contributed by atoms with Crippen LogP contribution >= 0.6 is 39.1 Å². The van der Waals surface area contributed by atoms with Crippen LogP contribution in [0, 0.1) is 11.7 Å². The molecule has 0 radical (unpaired) electrons. The van der Waals surface area contributed by atoms with E-state index in [4.69, 9.17) is 23.2 Å². The van der Waals surface area contributed by atoms with E-state index < -0.39 is 0 Å². The van der Waals surface area contributed by atoms with Gasteiger partial charge in [-0.3, -0.25) is 0 Å². The van der Waals surface area contributed by atoms with Crippen molar-refractivity contribution < 1.29 is 4.39 Å². The van der Waals surface area contributed by atoms with Crippen LogP contribution in [0.3, 0.4) is 0 Å². The molecule has 1 atom stereocenters. The topological polar surface area (TPSA) is 0 Å². The van der Waals surface area contributed by atoms with E-state index in [0.717, 1.165) is 28.8 Å². The van der Waals surface area contributed by atoms with Gasteiger partial charge in [0.05, 0.1) is 5.02 Å². The Hall–Kier alpha value is -0.570. The second kappa shape index (κ2) is 7.44. The third-order valence-electron chi connectivity index (χ3n) is 3.20. The minimum Gasteiger partial charge on any atom is -0.205 e. The largest absolute Gasteiger partial charge is 0.205 e. The highest BCUT2D eigenvalue weighted by Gasteiger charge is 2.13. The van der Waals surface area contributed by atoms with Crippen molar-refractivity contribution in [1.29, 1.82) is 0 Å². The maximum Gasteiger partial charge on any atom is 0.142 e. The monoisotopic (exact) mass is 374 g/mol. The molecule has 0 amide bonds. The SMILES string of the molecule is Fc1cccc(CC(CBr)Cc2ccc(Cl)cc2)c1Cl. The highest BCUT2D eigenvalue weighted by molar-refractivity contribution is 9.09. The molecule has 0 nitrogen and oxygen atoms in total. The quantitative estimate of drug-likeness (QED) is 0.568. The highest BCUT2D eigenvalue weighted by atomic mass is 79.9. The fourth-order valence-corrected chi connectivity index (χ4v) is 2.94. The van der Waals surface area contributed by atoms with Gasteiger partial charge < -0.3 is 0 Å². The number of halogens is 4. The van der Waals surface area contributed by atoms with Gasteiger partial charge in [-0.25, -0.2) is 4.39 Å². The summed E-state index contributed by atoms with van der Waals surface area (Å²) >= 11 is 15.4. The summed E-state index contributed by atoms with van der Waals surface area (Å²) in [7, 11) is 0. The molecular formula is C16H14BrCl2F. The predicted octanol–water partition coefficient (Wildman–Crippen LogP) is 5.93. The molecule has 0 aliphatic rings. The van der Waals surface area contributed by atoms with Crippen molar-refractivity contribution in [2.75, 3.05) is 5.33 Å². The molecule has 0 N–H and O–H groups in total. The standard InChI is InChI=1S/C16H14BrCl2F/c17-10-12(8-11-4-6-14(18)7-5-11)9-13-2-1-3-15(20)16(13)19/h1-7,12H,8-10H2. The number of hydrogen-bond donors (Lipinski definition) is 0. The second-order valence-electron chi connectivity index (χ2n) is 4.77. The molecule has 106 valence electrons. The van der Waals surface area contributed by atoms with E-state index in [2.05, 4.69) is 15.9 Å². The molecule has 1 unspecified atom stereocenters. The van der Waals surface area contributed by atoms with E-state index in [1.165, 1.54) is 11.6 Å². The Morgan fingerprint density at radius 1 is 1.00 bits per heavy atom. The van der Waals surface area contributed by atoms with Crippen molar-refractivity contribution in [3.63, 3.8) is 0 Å². The zero-order valence-corrected chi connectivity index (χ0v) is 13.8. The van der Waals surface area contributed by atoms with Crippen molar-refractivity contribution >= 4 is 39.1 Å². The predicted molar refractivity (Wildman–Crippen MR) is 87.6 cm³/mol. The van der Waals surface area contributed by atoms with Crippen molar-refractivity contribution in [1.82, 2.24) is 0 Å². The van der Waals surface area contributed by atoms with Crippen molar-refractivity contribution in [2.45, 2.75) is 12.8 Å². The van der Waals surface area contributed by atoms with Gasteiger partial charge in [-0.05, 0) is 48.1 Å². The third kappa shape index (κ3) is 4.21. The minimum absolute atomic E-state index is 0.231. The van der Waals surface area contributed by atoms with Gasteiger partial charge in [-0.1, -0.05) is 63.4 Å². The van der Waals surface area contributed by atoms with Gasteiger partial charge >= 0.3 is 0 Å². The van der Waals surface area contributed by atoms with Crippen LogP contribution in [0.15, 0.2) is 42.5 Å². The molecule has 2 rings (SSSR count). The number of rotatable bonds is 5. The first-order valence-corrected chi connectivity index (χ1v) is 8.21. The Balaban J connectivity index is 2.09. The van der Waals surface area contributed by atoms with Gasteiger partial charge in [0, 0.05) is 10.4 Å². The molecule has 2 aromatic rings. The van der Waals surface area contributed by atoms with Crippen LogP contribution in [0.25, 0.3) is 0 Å². The molecule has 0 heterocycles. The number of alkyl halides is 1. The smallest absolute Gasteiger partial charge is 0.142 e. The number of benzene rings is 2. The molecule has 0 spiro atoms. The molecule has 2 aromatic carbocycles. The molecule has 4 heteroatoms. The van der Waals surface area contributed by atoms with Crippen molar-refractivity contribution in [2.24, 2.45) is 5.92 Å². The molecule has 0 aromatic heterocycles. The summed E-state index contributed by atoms with van der Waals surface area (Å²) in [6, 6.07) is 12.8. The lowest BCUT2D eigenvalue weighted by Gasteiger charge is -2.15. The summed E-state index contributed by atoms with van der Waals surface area (Å²) in [5.74, 6) is -0.000502. The van der Waals surface area contributed by atoms with Gasteiger partial charge in [0.25, 0.3) is 0 Å². The van der Waals surface area contributed by atoms with Crippen LogP contribution in [0.2, 0.25) is 10.0 Å². The van der Waals surface area contributed by atoms with E-state index in [9.17, 15) is 4.39 Å². The summed E-state index contributed by atoms with van der Waals surface area (Å²) in [6.07, 6.45) is 1.64. The molecule has 0 bridgehead atoms. The molecule has 20 heavy (non-hydrogen) atoms. The molecule has 0 aliphatic carbocycles. The van der Waals surface area contributed by atoms with Gasteiger partial charge in [0.1, 0.15) is 5.82 Å². The summed E-state index contributed by atoms with van der Waals surface area (Å²) in [4.78, 5) is 0. The third-order valence-corrected chi connectivity index (χ3v) is 4.79. The van der Waals surface area contributed by atoms with Gasteiger partial charge in [-0.2, -0.15) is 0 Å². The Kier molecular flexibility index (Phi) is 5.88. The average Bonchev–Trinajstić information content (AvgIpc) is 2.45. The average molecular weight is 376 g/mol. The molecule has 0 fully saturated rings. The van der Waals surface area contributed by atoms with E-state index in [-0.39, 0.29) is 10.8 Å². The lowest BCUT2D eigenvalue weighted by atomic mass is 9.94. The van der Waals surface area contributed by atoms with Gasteiger partial charge in [0.2, 0.25) is 0 Å². The molecule has 0 aliphatic heterocycles. The first-order chi connectivity index (χ1) is 9.60. The van der Waals surface area contributed by atoms with Crippen LogP contribution in [0.1, 0.15) is 11.1 Å². The van der Waals surface area contributed by atoms with Crippen molar-refractivity contribution in [3.05, 3.63) is 69.5 Å². The fraction of sp³-hybridized carbons (Fsp3) is 0.250. The van der Waals surface area contributed by atoms with Crippen LogP contribution in [0.4, 0.5) is 4.39 Å². The zero-order valence-electron chi connectivity index (χ0n) is 10.8. The van der Waals surface area contributed by atoms with E-state index in [1.54, 1.807) is 6.07 Å². The maximum atomic E-state index is 13.4. The van der Waals surface area contributed by atoms with Crippen molar-refractivity contribution in [3.8, 4) is 0 Å². The lowest BCUT2D eigenvalue weighted by molar-refractivity contribution is 0.583. The van der Waals surface area contributed by atoms with E-state index in [1.807, 2.05) is 30.3 Å². The fourth-order valence-electron chi connectivity index (χ4n) is 2.15. The first kappa shape index (κ1) is 15.8. The minimum atomic E-state index is -0.357. The molecular weight excluding hydrogens is 362 g/mol. The first-order valence-electron chi connectivity index (χ1n) is 6.33. The number of hydrogen-bond acceptors (Lipinski definition) is 0. The summed E-state index contributed by atoms with van der Waals surface area (Å²) in [5, 5.41) is 1.80. The summed E-state index contributed by atoms with van der Waals surface area (Å²) < 4.78 is 13.4. The zero-order chi connectivity index (χ0) is 14.5. The summed E-state index contributed by atoms with van der Waals surface area (Å²) in [6.45, 7) is 0. The Labute approximate surface area is 137 Å². The lowest BCUT2D eigenvalue weighted by Crippen LogP contribution is -2.10. The van der Waals surface area contributed by atoms with Gasteiger partial charge in [-0.15, -0.1) is 0 Å². The Morgan fingerprint density at radius 3 is 2.35 bits per heavy atom. The van der Waals surface area contributed by atoms with E-state index in [0.29, 0.717) is 5.92 Å².